The Morgan fingerprint density at radius 2 is 2.24 bits per heavy atom. The van der Waals surface area contributed by atoms with Crippen molar-refractivity contribution < 1.29 is 14.3 Å². The molecule has 1 aliphatic rings. The van der Waals surface area contributed by atoms with Gasteiger partial charge < -0.3 is 20.4 Å². The fraction of sp³-hybridized carbons (Fsp3) is 0.500. The van der Waals surface area contributed by atoms with Gasteiger partial charge in [0.25, 0.3) is 5.91 Å². The highest BCUT2D eigenvalue weighted by molar-refractivity contribution is 7.17. The normalized spacial score (nSPS) is 16.3. The maximum absolute atomic E-state index is 12.6. The van der Waals surface area contributed by atoms with Crippen molar-refractivity contribution in [2.75, 3.05) is 12.3 Å². The van der Waals surface area contributed by atoms with Gasteiger partial charge in [-0.3, -0.25) is 4.79 Å². The van der Waals surface area contributed by atoms with Crippen molar-refractivity contribution in [2.45, 2.75) is 45.7 Å². The maximum Gasteiger partial charge on any atom is 0.358 e. The number of rotatable bonds is 5. The molecule has 0 radical (unpaired) electrons. The first-order chi connectivity index (χ1) is 12.0. The summed E-state index contributed by atoms with van der Waals surface area (Å²) in [5.74, 6) is 0.0290. The zero-order chi connectivity index (χ0) is 18.0. The Hall–Kier alpha value is -2.42. The fourth-order valence-electron chi connectivity index (χ4n) is 2.93. The number of carbonyl (C=O) groups is 2. The summed E-state index contributed by atoms with van der Waals surface area (Å²) < 4.78 is 6.91. The van der Waals surface area contributed by atoms with Gasteiger partial charge in [-0.2, -0.15) is 0 Å². The van der Waals surface area contributed by atoms with E-state index in [1.165, 1.54) is 11.3 Å². The lowest BCUT2D eigenvalue weighted by Gasteiger charge is -2.24. The number of aryl methyl sites for hydroxylation is 2. The molecule has 0 saturated carbocycles. The first kappa shape index (κ1) is 17.4. The van der Waals surface area contributed by atoms with Crippen LogP contribution in [0, 0.1) is 0 Å². The van der Waals surface area contributed by atoms with Crippen molar-refractivity contribution in [3.8, 4) is 0 Å². The van der Waals surface area contributed by atoms with E-state index >= 15 is 0 Å². The van der Waals surface area contributed by atoms with Gasteiger partial charge in [-0.25, -0.2) is 14.8 Å². The number of anilines is 1. The molecule has 1 atom stereocenters. The summed E-state index contributed by atoms with van der Waals surface area (Å²) in [7, 11) is 0. The van der Waals surface area contributed by atoms with Gasteiger partial charge in [0.2, 0.25) is 0 Å². The van der Waals surface area contributed by atoms with E-state index in [0.29, 0.717) is 34.6 Å². The first-order valence-electron chi connectivity index (χ1n) is 8.33. The highest BCUT2D eigenvalue weighted by atomic mass is 32.1. The Kier molecular flexibility index (Phi) is 5.03. The monoisotopic (exact) mass is 363 g/mol. The number of imidazole rings is 1. The van der Waals surface area contributed by atoms with Gasteiger partial charge in [0.1, 0.15) is 10.7 Å². The second-order valence-corrected chi connectivity index (χ2v) is 6.78. The predicted molar refractivity (Wildman–Crippen MR) is 93.5 cm³/mol. The molecule has 25 heavy (non-hydrogen) atoms. The van der Waals surface area contributed by atoms with E-state index in [2.05, 4.69) is 15.3 Å². The van der Waals surface area contributed by atoms with Crippen molar-refractivity contribution in [3.05, 3.63) is 28.3 Å². The van der Waals surface area contributed by atoms with Gasteiger partial charge in [0.05, 0.1) is 18.3 Å². The molecule has 2 aromatic rings. The van der Waals surface area contributed by atoms with Crippen LogP contribution in [0.4, 0.5) is 5.13 Å². The van der Waals surface area contributed by atoms with Crippen molar-refractivity contribution in [1.29, 1.82) is 0 Å². The average molecular weight is 363 g/mol. The third-order valence-electron chi connectivity index (χ3n) is 4.06. The number of amides is 1. The van der Waals surface area contributed by atoms with Crippen molar-refractivity contribution in [3.63, 3.8) is 0 Å². The predicted octanol–water partition coefficient (Wildman–Crippen LogP) is 1.93. The molecule has 2 aromatic heterocycles. The van der Waals surface area contributed by atoms with Crippen molar-refractivity contribution in [1.82, 2.24) is 19.9 Å². The van der Waals surface area contributed by atoms with Crippen LogP contribution in [0.1, 0.15) is 64.4 Å². The summed E-state index contributed by atoms with van der Waals surface area (Å²) in [6, 6.07) is -0.252. The lowest BCUT2D eigenvalue weighted by Crippen LogP contribution is -2.33. The number of hydrogen-bond acceptors (Lipinski definition) is 7. The molecule has 3 N–H and O–H groups in total. The number of thiazole rings is 1. The van der Waals surface area contributed by atoms with Crippen molar-refractivity contribution in [2.24, 2.45) is 0 Å². The number of hydrogen-bond donors (Lipinski definition) is 2. The van der Waals surface area contributed by atoms with Crippen LogP contribution in [-0.4, -0.2) is 33.0 Å². The van der Waals surface area contributed by atoms with Gasteiger partial charge in [0.15, 0.2) is 10.8 Å². The molecule has 3 rings (SSSR count). The molecule has 0 aliphatic carbocycles. The minimum Gasteiger partial charge on any atom is -0.461 e. The number of ether oxygens (including phenoxy) is 1. The van der Waals surface area contributed by atoms with Crippen LogP contribution < -0.4 is 11.1 Å². The summed E-state index contributed by atoms with van der Waals surface area (Å²) in [5, 5.41) is 3.39. The molecule has 0 saturated heterocycles. The summed E-state index contributed by atoms with van der Waals surface area (Å²) in [6.07, 6.45) is 3.99. The number of carbonyl (C=O) groups excluding carboxylic acids is 2. The number of aromatic nitrogens is 3. The lowest BCUT2D eigenvalue weighted by atomic mass is 10.1. The molecule has 0 spiro atoms. The maximum atomic E-state index is 12.6. The van der Waals surface area contributed by atoms with E-state index in [1.54, 1.807) is 13.1 Å². The summed E-state index contributed by atoms with van der Waals surface area (Å²) in [6.45, 7) is 4.75. The quantitative estimate of drug-likeness (QED) is 0.785. The molecule has 0 bridgehead atoms. The van der Waals surface area contributed by atoms with Gasteiger partial charge in [-0.15, -0.1) is 0 Å². The molecule has 9 heteroatoms. The second kappa shape index (κ2) is 7.22. The van der Waals surface area contributed by atoms with Gasteiger partial charge in [-0.05, 0) is 26.2 Å². The highest BCUT2D eigenvalue weighted by Crippen LogP contribution is 2.27. The number of nitrogens with one attached hydrogen (secondary N) is 1. The largest absolute Gasteiger partial charge is 0.461 e. The van der Waals surface area contributed by atoms with Crippen LogP contribution >= 0.6 is 11.3 Å². The van der Waals surface area contributed by atoms with Crippen molar-refractivity contribution >= 4 is 28.3 Å². The number of fused-ring (bicyclic) bond motifs is 1. The average Bonchev–Trinajstić information content (AvgIpc) is 3.19. The SMILES string of the molecule is CCOC(=O)c1cn2c(n1)C(NC(=O)c1sc(N)nc1CC)CCC2. The van der Waals surface area contributed by atoms with Gasteiger partial charge in [-0.1, -0.05) is 18.3 Å². The van der Waals surface area contributed by atoms with Crippen LogP contribution in [0.3, 0.4) is 0 Å². The third kappa shape index (κ3) is 3.51. The smallest absolute Gasteiger partial charge is 0.358 e. The summed E-state index contributed by atoms with van der Waals surface area (Å²) in [5.41, 5.74) is 6.70. The topological polar surface area (TPSA) is 112 Å². The first-order valence-corrected chi connectivity index (χ1v) is 9.15. The minimum absolute atomic E-state index is 0.204. The molecular weight excluding hydrogens is 342 g/mol. The highest BCUT2D eigenvalue weighted by Gasteiger charge is 2.28. The molecule has 1 aliphatic heterocycles. The molecule has 3 heterocycles. The van der Waals surface area contributed by atoms with Gasteiger partial charge >= 0.3 is 5.97 Å². The molecule has 8 nitrogen and oxygen atoms in total. The number of nitrogens with two attached hydrogens (primary N) is 1. The number of nitrogens with zero attached hydrogens (tertiary/aromatic N) is 3. The van der Waals surface area contributed by atoms with Crippen LogP contribution in [0.5, 0.6) is 0 Å². The molecular formula is C16H21N5O3S. The van der Waals surface area contributed by atoms with Crippen LogP contribution in [0.2, 0.25) is 0 Å². The van der Waals surface area contributed by atoms with Gasteiger partial charge in [0, 0.05) is 12.7 Å². The van der Waals surface area contributed by atoms with E-state index in [-0.39, 0.29) is 17.6 Å². The van der Waals surface area contributed by atoms with Crippen LogP contribution in [0.15, 0.2) is 6.20 Å². The Morgan fingerprint density at radius 1 is 1.44 bits per heavy atom. The van der Waals surface area contributed by atoms with Crippen LogP contribution in [0.25, 0.3) is 0 Å². The standard InChI is InChI=1S/C16H21N5O3S/c1-3-9-12(25-16(17)20-9)14(22)19-10-6-5-7-21-8-11(18-13(10)21)15(23)24-4-2/h8,10H,3-7H2,1-2H3,(H2,17,20)(H,19,22). The summed E-state index contributed by atoms with van der Waals surface area (Å²) >= 11 is 1.19. The van der Waals surface area contributed by atoms with E-state index in [4.69, 9.17) is 10.5 Å². The Balaban J connectivity index is 1.81. The Morgan fingerprint density at radius 3 is 2.96 bits per heavy atom. The minimum atomic E-state index is -0.446. The molecule has 134 valence electrons. The lowest BCUT2D eigenvalue weighted by molar-refractivity contribution is 0.0519. The number of nitrogen functional groups attached to an aromatic ring is 1. The Labute approximate surface area is 149 Å². The van der Waals surface area contributed by atoms with E-state index in [0.717, 1.165) is 19.4 Å². The molecule has 0 aromatic carbocycles. The summed E-state index contributed by atoms with van der Waals surface area (Å²) in [4.78, 5) is 33.6. The molecule has 1 unspecified atom stereocenters. The van der Waals surface area contributed by atoms with E-state index < -0.39 is 5.97 Å². The zero-order valence-corrected chi connectivity index (χ0v) is 15.1. The fourth-order valence-corrected chi connectivity index (χ4v) is 3.76. The van der Waals surface area contributed by atoms with E-state index in [9.17, 15) is 9.59 Å². The zero-order valence-electron chi connectivity index (χ0n) is 14.2. The molecule has 1 amide bonds. The van der Waals surface area contributed by atoms with Crippen LogP contribution in [-0.2, 0) is 17.7 Å². The third-order valence-corrected chi connectivity index (χ3v) is 4.98. The molecule has 0 fully saturated rings. The van der Waals surface area contributed by atoms with E-state index in [1.807, 2.05) is 11.5 Å². The Bertz CT molecular complexity index is 798. The second-order valence-electron chi connectivity index (χ2n) is 5.75. The number of esters is 1.